The molecular weight excluding hydrogens is 617 g/mol. The molecule has 0 bridgehead atoms. The Hall–Kier alpha value is -4.82. The van der Waals surface area contributed by atoms with Crippen molar-refractivity contribution in [3.63, 3.8) is 0 Å². The van der Waals surface area contributed by atoms with Crippen LogP contribution >= 0.6 is 0 Å². The van der Waals surface area contributed by atoms with Crippen LogP contribution in [-0.2, 0) is 28.9 Å². The summed E-state index contributed by atoms with van der Waals surface area (Å²) in [5, 5.41) is 19.6. The first-order valence-electron chi connectivity index (χ1n) is 15.3. The van der Waals surface area contributed by atoms with E-state index in [0.717, 1.165) is 6.20 Å². The van der Waals surface area contributed by atoms with Gasteiger partial charge in [-0.3, -0.25) is 14.7 Å². The van der Waals surface area contributed by atoms with Gasteiger partial charge in [0, 0.05) is 43.5 Å². The molecule has 1 saturated heterocycles. The van der Waals surface area contributed by atoms with E-state index in [4.69, 9.17) is 9.26 Å². The zero-order valence-electron chi connectivity index (χ0n) is 25.7. The molecule has 2 aromatic carbocycles. The van der Waals surface area contributed by atoms with Crippen LogP contribution in [0.2, 0.25) is 0 Å². The number of benzene rings is 2. The molecule has 2 atom stereocenters. The van der Waals surface area contributed by atoms with Crippen molar-refractivity contribution in [3.8, 4) is 0 Å². The maximum Gasteiger partial charge on any atom is 0.407 e. The lowest BCUT2D eigenvalue weighted by molar-refractivity contribution is -0.116. The van der Waals surface area contributed by atoms with Crippen LogP contribution in [0.15, 0.2) is 65.4 Å². The van der Waals surface area contributed by atoms with E-state index in [-0.39, 0.29) is 61.8 Å². The average Bonchev–Trinajstić information content (AvgIpc) is 3.52. The molecule has 248 valence electrons. The molecule has 11 nitrogen and oxygen atoms in total. The fraction of sp³-hybridized carbons (Fsp3) is 0.364. The van der Waals surface area contributed by atoms with Crippen molar-refractivity contribution in [2.75, 3.05) is 25.0 Å². The minimum Gasteiger partial charge on any atom is -0.465 e. The molecule has 2 amide bonds. The van der Waals surface area contributed by atoms with Crippen LogP contribution in [0.1, 0.15) is 54.1 Å². The molecule has 0 saturated carbocycles. The molecule has 0 aliphatic carbocycles. The van der Waals surface area contributed by atoms with E-state index in [1.807, 2.05) is 6.92 Å². The van der Waals surface area contributed by atoms with Gasteiger partial charge < -0.3 is 25.0 Å². The Labute approximate surface area is 269 Å². The van der Waals surface area contributed by atoms with Crippen LogP contribution < -0.4 is 10.6 Å². The SMILES string of the molecule is CCc1nc(CN(C[C@H]2CO[C@H](CCc3c(F)cncc3NC(=O)CC(c3ccc(F)cc3)c3ccc(F)cc3)CN2)C(=O)O)no1. The molecule has 1 aliphatic rings. The molecule has 47 heavy (non-hydrogen) atoms. The van der Waals surface area contributed by atoms with Gasteiger partial charge in [0.25, 0.3) is 0 Å². The zero-order valence-corrected chi connectivity index (χ0v) is 25.7. The number of hydrogen-bond acceptors (Lipinski definition) is 8. The summed E-state index contributed by atoms with van der Waals surface area (Å²) < 4.78 is 53.3. The van der Waals surface area contributed by atoms with Gasteiger partial charge in [-0.1, -0.05) is 36.3 Å². The Morgan fingerprint density at radius 3 is 2.32 bits per heavy atom. The van der Waals surface area contributed by atoms with Gasteiger partial charge in [0.1, 0.15) is 17.5 Å². The van der Waals surface area contributed by atoms with E-state index in [9.17, 15) is 27.9 Å². The molecule has 3 N–H and O–H groups in total. The molecule has 0 radical (unpaired) electrons. The summed E-state index contributed by atoms with van der Waals surface area (Å²) in [6.07, 6.45) is 2.18. The predicted octanol–water partition coefficient (Wildman–Crippen LogP) is 5.07. The summed E-state index contributed by atoms with van der Waals surface area (Å²) in [5.74, 6) is -1.65. The number of morpholine rings is 1. The van der Waals surface area contributed by atoms with E-state index in [2.05, 4.69) is 25.8 Å². The van der Waals surface area contributed by atoms with Crippen molar-refractivity contribution in [2.45, 2.75) is 57.2 Å². The number of carbonyl (C=O) groups is 2. The predicted molar refractivity (Wildman–Crippen MR) is 164 cm³/mol. The summed E-state index contributed by atoms with van der Waals surface area (Å²) in [5.41, 5.74) is 1.82. The molecule has 2 aromatic heterocycles. The van der Waals surface area contributed by atoms with Crippen LogP contribution in [0.3, 0.4) is 0 Å². The number of carbonyl (C=O) groups excluding carboxylic acids is 1. The topological polar surface area (TPSA) is 143 Å². The molecule has 4 aromatic rings. The minimum atomic E-state index is -1.12. The molecule has 1 aliphatic heterocycles. The quantitative estimate of drug-likeness (QED) is 0.180. The maximum absolute atomic E-state index is 15.0. The Kier molecular flexibility index (Phi) is 11.2. The minimum absolute atomic E-state index is 0.0230. The number of pyridine rings is 1. The van der Waals surface area contributed by atoms with Crippen molar-refractivity contribution in [3.05, 3.63) is 107 Å². The first-order chi connectivity index (χ1) is 22.7. The van der Waals surface area contributed by atoms with Crippen molar-refractivity contribution in [1.82, 2.24) is 25.3 Å². The van der Waals surface area contributed by atoms with Crippen LogP contribution in [0.25, 0.3) is 0 Å². The Morgan fingerprint density at radius 2 is 1.74 bits per heavy atom. The second-order valence-electron chi connectivity index (χ2n) is 11.3. The van der Waals surface area contributed by atoms with Crippen molar-refractivity contribution >= 4 is 17.7 Å². The third-order valence-electron chi connectivity index (χ3n) is 7.95. The number of nitrogens with one attached hydrogen (secondary N) is 2. The van der Waals surface area contributed by atoms with Crippen LogP contribution in [0.5, 0.6) is 0 Å². The van der Waals surface area contributed by atoms with Crippen molar-refractivity contribution in [2.24, 2.45) is 0 Å². The fourth-order valence-electron chi connectivity index (χ4n) is 5.45. The number of aromatic nitrogens is 3. The first-order valence-corrected chi connectivity index (χ1v) is 15.3. The van der Waals surface area contributed by atoms with E-state index in [0.29, 0.717) is 36.4 Å². The van der Waals surface area contributed by atoms with Gasteiger partial charge in [-0.25, -0.2) is 18.0 Å². The third kappa shape index (κ3) is 9.14. The number of ether oxygens (including phenoxy) is 1. The van der Waals surface area contributed by atoms with Crippen LogP contribution in [0.4, 0.5) is 23.7 Å². The average molecular weight is 653 g/mol. The number of carboxylic acid groups (broad SMARTS) is 1. The summed E-state index contributed by atoms with van der Waals surface area (Å²) in [6, 6.07) is 11.2. The van der Waals surface area contributed by atoms with Gasteiger partial charge in [0.05, 0.1) is 37.3 Å². The summed E-state index contributed by atoms with van der Waals surface area (Å²) >= 11 is 0. The van der Waals surface area contributed by atoms with Gasteiger partial charge in [0.2, 0.25) is 11.8 Å². The van der Waals surface area contributed by atoms with E-state index >= 15 is 0 Å². The summed E-state index contributed by atoms with van der Waals surface area (Å²) in [7, 11) is 0. The Morgan fingerprint density at radius 1 is 1.06 bits per heavy atom. The number of amides is 2. The lowest BCUT2D eigenvalue weighted by atomic mass is 9.88. The highest BCUT2D eigenvalue weighted by atomic mass is 19.1. The lowest BCUT2D eigenvalue weighted by Gasteiger charge is -2.33. The highest BCUT2D eigenvalue weighted by molar-refractivity contribution is 5.92. The number of anilines is 1. The molecule has 5 rings (SSSR count). The summed E-state index contributed by atoms with van der Waals surface area (Å²) in [4.78, 5) is 34.4. The molecule has 14 heteroatoms. The second kappa shape index (κ2) is 15.6. The van der Waals surface area contributed by atoms with Gasteiger partial charge in [-0.2, -0.15) is 4.98 Å². The van der Waals surface area contributed by atoms with Crippen LogP contribution in [0, 0.1) is 17.5 Å². The van der Waals surface area contributed by atoms with E-state index in [1.54, 1.807) is 24.3 Å². The number of rotatable bonds is 13. The molecule has 1 fully saturated rings. The maximum atomic E-state index is 15.0. The van der Waals surface area contributed by atoms with Crippen molar-refractivity contribution < 1.29 is 37.1 Å². The van der Waals surface area contributed by atoms with E-state index < -0.39 is 35.4 Å². The Bertz CT molecular complexity index is 1600. The second-order valence-corrected chi connectivity index (χ2v) is 11.3. The molecule has 0 unspecified atom stereocenters. The van der Waals surface area contributed by atoms with Gasteiger partial charge in [-0.05, 0) is 48.2 Å². The number of hydrogen-bond donors (Lipinski definition) is 3. The summed E-state index contributed by atoms with van der Waals surface area (Å²) in [6.45, 7) is 2.62. The molecular formula is C33H35F3N6O5. The number of halogens is 3. The van der Waals surface area contributed by atoms with Gasteiger partial charge >= 0.3 is 6.09 Å². The lowest BCUT2D eigenvalue weighted by Crippen LogP contribution is -2.52. The van der Waals surface area contributed by atoms with Crippen molar-refractivity contribution in [1.29, 1.82) is 0 Å². The Balaban J connectivity index is 1.17. The van der Waals surface area contributed by atoms with Gasteiger partial charge in [-0.15, -0.1) is 0 Å². The highest BCUT2D eigenvalue weighted by Crippen LogP contribution is 2.30. The highest BCUT2D eigenvalue weighted by Gasteiger charge is 2.27. The fourth-order valence-corrected chi connectivity index (χ4v) is 5.45. The van der Waals surface area contributed by atoms with E-state index in [1.165, 1.54) is 35.4 Å². The van der Waals surface area contributed by atoms with Crippen LogP contribution in [-0.4, -0.2) is 69.0 Å². The largest absolute Gasteiger partial charge is 0.465 e. The van der Waals surface area contributed by atoms with Gasteiger partial charge in [0.15, 0.2) is 5.82 Å². The molecule has 0 spiro atoms. The first kappa shape index (κ1) is 33.5. The number of nitrogens with zero attached hydrogens (tertiary/aromatic N) is 4. The third-order valence-corrected chi connectivity index (χ3v) is 7.95. The number of aryl methyl sites for hydroxylation is 1. The molecule has 3 heterocycles. The monoisotopic (exact) mass is 652 g/mol. The normalized spacial score (nSPS) is 16.3. The smallest absolute Gasteiger partial charge is 0.407 e. The standard InChI is InChI=1S/C33H35F3N6O5/c1-2-32-40-30(41-47-32)18-42(33(44)45)17-24-19-46-25(14-38-24)11-12-26-28(36)15-37-16-29(26)39-31(43)13-27(20-3-7-22(34)8-4-20)21-5-9-23(35)10-6-21/h3-10,15-16,24-25,27,38H,2,11-14,17-19H2,1H3,(H,39,43)(H,44,45)/t24-,25+/m0/s1. The zero-order chi connectivity index (χ0) is 33.3.